The summed E-state index contributed by atoms with van der Waals surface area (Å²) in [4.78, 5) is 37.5. The topological polar surface area (TPSA) is 90.5 Å². The van der Waals surface area contributed by atoms with Crippen molar-refractivity contribution in [3.05, 3.63) is 41.7 Å². The number of amides is 3. The van der Waals surface area contributed by atoms with Crippen LogP contribution in [0.5, 0.6) is 0 Å². The number of aromatic nitrogens is 2. The SMILES string of the molecule is Cc1cc(C(=O)NC(C)C(F)(F)F)nc2c1N1CC[C@@H](C1)N2C(=O)Nc1ccccn1. The fourth-order valence-corrected chi connectivity index (χ4v) is 3.87. The molecule has 2 N–H and O–H groups in total. The van der Waals surface area contributed by atoms with E-state index in [-0.39, 0.29) is 17.6 Å². The van der Waals surface area contributed by atoms with Gasteiger partial charge in [-0.3, -0.25) is 15.0 Å². The standard InChI is InChI=1S/C20H21F3N6O2/c1-11-9-14(18(30)25-12(2)20(21,22)23)26-17-16(11)28-8-6-13(10-28)29(17)19(31)27-15-5-3-4-7-24-15/h3-5,7,9,12-13H,6,8,10H2,1-2H3,(H,25,30)(H,24,27,31)/t12?,13-/m0/s1. The average molecular weight is 434 g/mol. The van der Waals surface area contributed by atoms with Gasteiger partial charge in [0.05, 0.1) is 11.7 Å². The minimum Gasteiger partial charge on any atom is -0.366 e. The summed E-state index contributed by atoms with van der Waals surface area (Å²) in [5.41, 5.74) is 1.18. The van der Waals surface area contributed by atoms with Crippen molar-refractivity contribution < 1.29 is 22.8 Å². The van der Waals surface area contributed by atoms with E-state index in [1.54, 1.807) is 31.3 Å². The molecule has 1 fully saturated rings. The zero-order valence-electron chi connectivity index (χ0n) is 16.9. The van der Waals surface area contributed by atoms with Crippen LogP contribution in [0.1, 0.15) is 29.4 Å². The summed E-state index contributed by atoms with van der Waals surface area (Å²) in [6.45, 7) is 3.94. The highest BCUT2D eigenvalue weighted by atomic mass is 19.4. The first-order valence-corrected chi connectivity index (χ1v) is 9.80. The van der Waals surface area contributed by atoms with Crippen LogP contribution in [0, 0.1) is 6.92 Å². The molecule has 2 aromatic heterocycles. The number of halogens is 3. The largest absolute Gasteiger partial charge is 0.408 e. The zero-order chi connectivity index (χ0) is 22.3. The Morgan fingerprint density at radius 2 is 2.06 bits per heavy atom. The maximum Gasteiger partial charge on any atom is 0.408 e. The van der Waals surface area contributed by atoms with Crippen LogP contribution >= 0.6 is 0 Å². The third kappa shape index (κ3) is 3.99. The minimum absolute atomic E-state index is 0.171. The monoisotopic (exact) mass is 434 g/mol. The molecule has 2 bridgehead atoms. The summed E-state index contributed by atoms with van der Waals surface area (Å²) in [6, 6.07) is 3.89. The third-order valence-corrected chi connectivity index (χ3v) is 5.43. The van der Waals surface area contributed by atoms with Gasteiger partial charge in [-0.1, -0.05) is 6.07 Å². The second-order valence-electron chi connectivity index (χ2n) is 7.64. The lowest BCUT2D eigenvalue weighted by atomic mass is 10.1. The molecule has 8 nitrogen and oxygen atoms in total. The molecule has 164 valence electrons. The second-order valence-corrected chi connectivity index (χ2v) is 7.64. The molecule has 2 aromatic rings. The van der Waals surface area contributed by atoms with Crippen molar-refractivity contribution in [1.29, 1.82) is 0 Å². The molecular formula is C20H21F3N6O2. The predicted octanol–water partition coefficient (Wildman–Crippen LogP) is 3.10. The molecule has 0 spiro atoms. The van der Waals surface area contributed by atoms with Gasteiger partial charge in [0.2, 0.25) is 0 Å². The van der Waals surface area contributed by atoms with Crippen LogP contribution in [-0.4, -0.2) is 53.3 Å². The van der Waals surface area contributed by atoms with Crippen molar-refractivity contribution in [3.8, 4) is 0 Å². The lowest BCUT2D eigenvalue weighted by molar-refractivity contribution is -0.149. The summed E-state index contributed by atoms with van der Waals surface area (Å²) in [5, 5.41) is 4.65. The summed E-state index contributed by atoms with van der Waals surface area (Å²) in [6.07, 6.45) is -2.32. The van der Waals surface area contributed by atoms with Gasteiger partial charge in [0.1, 0.15) is 17.6 Å². The Morgan fingerprint density at radius 3 is 2.74 bits per heavy atom. The number of nitrogens with one attached hydrogen (secondary N) is 2. The highest BCUT2D eigenvalue weighted by Crippen LogP contribution is 2.41. The lowest BCUT2D eigenvalue weighted by Gasteiger charge is -2.36. The van der Waals surface area contributed by atoms with Gasteiger partial charge in [-0.25, -0.2) is 14.8 Å². The maximum absolute atomic E-state index is 13.1. The quantitative estimate of drug-likeness (QED) is 0.775. The van der Waals surface area contributed by atoms with Gasteiger partial charge in [0.15, 0.2) is 5.82 Å². The first-order chi connectivity index (χ1) is 14.6. The minimum atomic E-state index is -4.57. The predicted molar refractivity (Wildman–Crippen MR) is 108 cm³/mol. The number of anilines is 3. The van der Waals surface area contributed by atoms with Crippen LogP contribution in [0.15, 0.2) is 30.5 Å². The maximum atomic E-state index is 13.1. The number of fused-ring (bicyclic) bond motifs is 4. The summed E-state index contributed by atoms with van der Waals surface area (Å²) in [7, 11) is 0. The number of alkyl halides is 3. The second kappa shape index (κ2) is 7.71. The number of urea groups is 1. The van der Waals surface area contributed by atoms with Gasteiger partial charge in [-0.15, -0.1) is 0 Å². The molecule has 0 aliphatic carbocycles. The molecule has 2 atom stereocenters. The molecule has 1 unspecified atom stereocenters. The number of carbonyl (C=O) groups is 2. The van der Waals surface area contributed by atoms with Crippen molar-refractivity contribution >= 4 is 29.3 Å². The molecule has 0 aromatic carbocycles. The molecule has 4 rings (SSSR count). The molecule has 4 heterocycles. The number of rotatable bonds is 3. The van der Waals surface area contributed by atoms with E-state index < -0.39 is 24.2 Å². The van der Waals surface area contributed by atoms with E-state index >= 15 is 0 Å². The Morgan fingerprint density at radius 1 is 1.29 bits per heavy atom. The summed E-state index contributed by atoms with van der Waals surface area (Å²) in [5.74, 6) is -0.333. The smallest absolute Gasteiger partial charge is 0.366 e. The molecule has 2 aliphatic rings. The molecule has 31 heavy (non-hydrogen) atoms. The van der Waals surface area contributed by atoms with Crippen molar-refractivity contribution in [2.45, 2.75) is 38.5 Å². The van der Waals surface area contributed by atoms with E-state index in [4.69, 9.17) is 0 Å². The fourth-order valence-electron chi connectivity index (χ4n) is 3.87. The van der Waals surface area contributed by atoms with Gasteiger partial charge in [-0.05, 0) is 44.0 Å². The average Bonchev–Trinajstić information content (AvgIpc) is 3.11. The third-order valence-electron chi connectivity index (χ3n) is 5.43. The van der Waals surface area contributed by atoms with Gasteiger partial charge in [-0.2, -0.15) is 13.2 Å². The fraction of sp³-hybridized carbons (Fsp3) is 0.400. The molecule has 2 aliphatic heterocycles. The van der Waals surface area contributed by atoms with Crippen LogP contribution in [0.3, 0.4) is 0 Å². The van der Waals surface area contributed by atoms with Gasteiger partial charge < -0.3 is 10.2 Å². The molecule has 0 saturated carbocycles. The Hall–Kier alpha value is -3.37. The van der Waals surface area contributed by atoms with E-state index in [1.165, 1.54) is 11.0 Å². The Bertz CT molecular complexity index is 1010. The van der Waals surface area contributed by atoms with Crippen LogP contribution in [0.25, 0.3) is 0 Å². The van der Waals surface area contributed by atoms with E-state index in [2.05, 4.69) is 20.2 Å². The van der Waals surface area contributed by atoms with Crippen molar-refractivity contribution in [1.82, 2.24) is 15.3 Å². The van der Waals surface area contributed by atoms with Crippen LogP contribution in [0.2, 0.25) is 0 Å². The molecular weight excluding hydrogens is 413 g/mol. The Labute approximate surface area is 176 Å². The lowest BCUT2D eigenvalue weighted by Crippen LogP contribution is -2.49. The number of hydrogen-bond acceptors (Lipinski definition) is 5. The van der Waals surface area contributed by atoms with Crippen molar-refractivity contribution in [2.75, 3.05) is 28.2 Å². The van der Waals surface area contributed by atoms with E-state index in [9.17, 15) is 22.8 Å². The molecule has 0 radical (unpaired) electrons. The number of nitrogens with zero attached hydrogens (tertiary/aromatic N) is 4. The Kier molecular flexibility index (Phi) is 5.19. The number of carbonyl (C=O) groups excluding carboxylic acids is 2. The normalized spacial score (nSPS) is 18.4. The number of pyridine rings is 2. The highest BCUT2D eigenvalue weighted by Gasteiger charge is 2.42. The molecule has 11 heteroatoms. The van der Waals surface area contributed by atoms with Crippen LogP contribution in [0.4, 0.5) is 35.3 Å². The zero-order valence-corrected chi connectivity index (χ0v) is 16.9. The van der Waals surface area contributed by atoms with Gasteiger partial charge in [0, 0.05) is 19.3 Å². The first-order valence-electron chi connectivity index (χ1n) is 9.80. The van der Waals surface area contributed by atoms with E-state index in [0.29, 0.717) is 36.6 Å². The number of aryl methyl sites for hydroxylation is 1. The van der Waals surface area contributed by atoms with Crippen LogP contribution < -0.4 is 20.4 Å². The van der Waals surface area contributed by atoms with Crippen LogP contribution in [-0.2, 0) is 0 Å². The highest BCUT2D eigenvalue weighted by molar-refractivity contribution is 6.05. The summed E-state index contributed by atoms with van der Waals surface area (Å²) < 4.78 is 38.6. The Balaban J connectivity index is 1.68. The molecule has 3 amide bonds. The van der Waals surface area contributed by atoms with E-state index in [1.807, 2.05) is 5.32 Å². The molecule has 1 saturated heterocycles. The summed E-state index contributed by atoms with van der Waals surface area (Å²) >= 11 is 0. The first kappa shape index (κ1) is 20.9. The van der Waals surface area contributed by atoms with Crippen molar-refractivity contribution in [2.24, 2.45) is 0 Å². The van der Waals surface area contributed by atoms with E-state index in [0.717, 1.165) is 6.92 Å². The van der Waals surface area contributed by atoms with Crippen molar-refractivity contribution in [3.63, 3.8) is 0 Å². The van der Waals surface area contributed by atoms with Gasteiger partial charge >= 0.3 is 12.2 Å². The van der Waals surface area contributed by atoms with Gasteiger partial charge in [0.25, 0.3) is 5.91 Å². The number of hydrogen-bond donors (Lipinski definition) is 2.